The molecule has 3 aromatic rings. The Labute approximate surface area is 121 Å². The molecule has 3 rings (SSSR count). The van der Waals surface area contributed by atoms with Gasteiger partial charge >= 0.3 is 0 Å². The molecule has 1 unspecified atom stereocenters. The van der Waals surface area contributed by atoms with Crippen molar-refractivity contribution in [3.63, 3.8) is 0 Å². The van der Waals surface area contributed by atoms with Gasteiger partial charge in [-0.1, -0.05) is 5.21 Å². The molecule has 0 aliphatic heterocycles. The maximum atomic E-state index is 9.91. The first-order valence-corrected chi connectivity index (χ1v) is 6.76. The average Bonchev–Trinajstić information content (AvgIpc) is 3.17. The van der Waals surface area contributed by atoms with Crippen molar-refractivity contribution >= 4 is 0 Å². The maximum absolute atomic E-state index is 9.91. The van der Waals surface area contributed by atoms with Crippen molar-refractivity contribution in [2.45, 2.75) is 25.5 Å². The number of aryl methyl sites for hydroxylation is 1. The first-order valence-electron chi connectivity index (χ1n) is 6.76. The van der Waals surface area contributed by atoms with Crippen molar-refractivity contribution in [3.8, 4) is 0 Å². The average molecular weight is 284 g/mol. The van der Waals surface area contributed by atoms with Crippen LogP contribution in [0.4, 0.5) is 0 Å². The zero-order valence-corrected chi connectivity index (χ0v) is 11.4. The van der Waals surface area contributed by atoms with Crippen molar-refractivity contribution in [2.75, 3.05) is 0 Å². The lowest BCUT2D eigenvalue weighted by molar-refractivity contribution is 0.158. The number of aromatic amines is 1. The number of nitrogens with zero attached hydrogens (tertiary/aromatic N) is 5. The molecule has 0 bridgehead atoms. The Morgan fingerprint density at radius 3 is 2.81 bits per heavy atom. The fraction of sp³-hybridized carbons (Fsp3) is 0.286. The molecule has 0 radical (unpaired) electrons. The zero-order chi connectivity index (χ0) is 14.5. The van der Waals surface area contributed by atoms with Crippen molar-refractivity contribution in [2.24, 2.45) is 0 Å². The number of hydrogen-bond acceptors (Lipinski definition) is 5. The Morgan fingerprint density at radius 1 is 1.19 bits per heavy atom. The predicted molar refractivity (Wildman–Crippen MR) is 75.2 cm³/mol. The number of aliphatic hydroxyl groups excluding tert-OH is 1. The summed E-state index contributed by atoms with van der Waals surface area (Å²) in [5.74, 6) is 0.339. The van der Waals surface area contributed by atoms with Crippen LogP contribution in [0.3, 0.4) is 0 Å². The Bertz CT molecular complexity index is 664. The van der Waals surface area contributed by atoms with Gasteiger partial charge in [0.05, 0.1) is 0 Å². The van der Waals surface area contributed by atoms with E-state index in [0.717, 1.165) is 13.0 Å². The van der Waals surface area contributed by atoms with Crippen LogP contribution in [-0.4, -0.2) is 35.3 Å². The Balaban J connectivity index is 1.55. The third-order valence-corrected chi connectivity index (χ3v) is 3.29. The summed E-state index contributed by atoms with van der Waals surface area (Å²) in [5.41, 5.74) is 2.38. The smallest absolute Gasteiger partial charge is 0.202 e. The van der Waals surface area contributed by atoms with Gasteiger partial charge in [0.1, 0.15) is 6.10 Å². The van der Waals surface area contributed by atoms with Crippen LogP contribution in [0.1, 0.15) is 29.5 Å². The molecule has 0 saturated heterocycles. The van der Waals surface area contributed by atoms with Crippen molar-refractivity contribution < 1.29 is 5.11 Å². The zero-order valence-electron chi connectivity index (χ0n) is 11.4. The van der Waals surface area contributed by atoms with E-state index in [4.69, 9.17) is 0 Å². The molecule has 3 aromatic heterocycles. The quantitative estimate of drug-likeness (QED) is 0.707. The van der Waals surface area contributed by atoms with E-state index < -0.39 is 6.10 Å². The minimum Gasteiger partial charge on any atom is -0.385 e. The van der Waals surface area contributed by atoms with Gasteiger partial charge in [-0.3, -0.25) is 4.98 Å². The summed E-state index contributed by atoms with van der Waals surface area (Å²) >= 11 is 0. The summed E-state index contributed by atoms with van der Waals surface area (Å²) in [6.07, 6.45) is 8.35. The van der Waals surface area contributed by atoms with E-state index in [2.05, 4.69) is 42.4 Å². The third kappa shape index (κ3) is 3.51. The number of nitrogens with one attached hydrogen (secondary N) is 1. The molecule has 0 aromatic carbocycles. The van der Waals surface area contributed by atoms with Gasteiger partial charge in [-0.25, -0.2) is 0 Å². The van der Waals surface area contributed by atoms with Gasteiger partial charge in [0.15, 0.2) is 0 Å². The fourth-order valence-corrected chi connectivity index (χ4v) is 2.18. The van der Waals surface area contributed by atoms with Gasteiger partial charge in [0.2, 0.25) is 5.82 Å². The number of rotatable bonds is 6. The van der Waals surface area contributed by atoms with Gasteiger partial charge in [-0.2, -0.15) is 5.21 Å². The number of hydrogen-bond donors (Lipinski definition) is 2. The van der Waals surface area contributed by atoms with Crippen LogP contribution in [0.25, 0.3) is 0 Å². The van der Waals surface area contributed by atoms with E-state index in [9.17, 15) is 5.11 Å². The lowest BCUT2D eigenvalue weighted by Crippen LogP contribution is -2.02. The largest absolute Gasteiger partial charge is 0.385 e. The molecular formula is C14H16N6O. The van der Waals surface area contributed by atoms with E-state index in [0.29, 0.717) is 12.2 Å². The van der Waals surface area contributed by atoms with Crippen molar-refractivity contribution in [1.29, 1.82) is 0 Å². The molecule has 1 atom stereocenters. The summed E-state index contributed by atoms with van der Waals surface area (Å²) in [6, 6.07) is 6.06. The maximum Gasteiger partial charge on any atom is 0.202 e. The number of aromatic nitrogens is 6. The monoisotopic (exact) mass is 284 g/mol. The second-order valence-corrected chi connectivity index (χ2v) is 4.87. The minimum absolute atomic E-state index is 0.339. The first-order chi connectivity index (χ1) is 10.3. The molecule has 7 heteroatoms. The van der Waals surface area contributed by atoms with E-state index >= 15 is 0 Å². The standard InChI is InChI=1S/C14H16N6O/c21-13(14-16-18-19-17-14)2-1-11-5-8-20(9-11)10-12-3-6-15-7-4-12/h3-9,13,21H,1-2,10H2,(H,16,17,18,19). The molecule has 2 N–H and O–H groups in total. The lowest BCUT2D eigenvalue weighted by atomic mass is 10.1. The molecule has 21 heavy (non-hydrogen) atoms. The van der Waals surface area contributed by atoms with Crippen molar-refractivity contribution in [1.82, 2.24) is 30.2 Å². The van der Waals surface area contributed by atoms with Crippen LogP contribution in [0.2, 0.25) is 0 Å². The molecular weight excluding hydrogens is 268 g/mol. The third-order valence-electron chi connectivity index (χ3n) is 3.29. The fourth-order valence-electron chi connectivity index (χ4n) is 2.18. The second-order valence-electron chi connectivity index (χ2n) is 4.87. The number of tetrazole rings is 1. The van der Waals surface area contributed by atoms with Gasteiger partial charge in [0, 0.05) is 31.3 Å². The van der Waals surface area contributed by atoms with Gasteiger partial charge in [0.25, 0.3) is 0 Å². The molecule has 0 fully saturated rings. The Kier molecular flexibility index (Phi) is 4.02. The van der Waals surface area contributed by atoms with Crippen molar-refractivity contribution in [3.05, 3.63) is 59.9 Å². The summed E-state index contributed by atoms with van der Waals surface area (Å²) in [6.45, 7) is 0.815. The van der Waals surface area contributed by atoms with Gasteiger partial charge < -0.3 is 9.67 Å². The highest BCUT2D eigenvalue weighted by Crippen LogP contribution is 2.15. The van der Waals surface area contributed by atoms with Crippen LogP contribution < -0.4 is 0 Å². The molecule has 7 nitrogen and oxygen atoms in total. The summed E-state index contributed by atoms with van der Waals surface area (Å²) in [7, 11) is 0. The predicted octanol–water partition coefficient (Wildman–Crippen LogP) is 1.11. The normalized spacial score (nSPS) is 12.4. The highest BCUT2D eigenvalue weighted by atomic mass is 16.3. The molecule has 0 spiro atoms. The van der Waals surface area contributed by atoms with E-state index in [1.807, 2.05) is 18.3 Å². The van der Waals surface area contributed by atoms with Gasteiger partial charge in [-0.05, 0) is 42.2 Å². The number of H-pyrrole nitrogens is 1. The molecule has 0 amide bonds. The van der Waals surface area contributed by atoms with Crippen LogP contribution in [0.5, 0.6) is 0 Å². The summed E-state index contributed by atoms with van der Waals surface area (Å²) < 4.78 is 2.12. The molecule has 0 aliphatic rings. The molecule has 0 saturated carbocycles. The molecule has 3 heterocycles. The van der Waals surface area contributed by atoms with Crippen LogP contribution in [0.15, 0.2) is 43.0 Å². The van der Waals surface area contributed by atoms with Crippen LogP contribution >= 0.6 is 0 Å². The Morgan fingerprint density at radius 2 is 2.05 bits per heavy atom. The number of aliphatic hydroxyl groups is 1. The highest BCUT2D eigenvalue weighted by molar-refractivity contribution is 5.15. The first kappa shape index (κ1) is 13.4. The summed E-state index contributed by atoms with van der Waals surface area (Å²) in [4.78, 5) is 4.01. The topological polar surface area (TPSA) is 92.5 Å². The second kappa shape index (κ2) is 6.27. The van der Waals surface area contributed by atoms with Crippen LogP contribution in [0, 0.1) is 0 Å². The van der Waals surface area contributed by atoms with E-state index in [-0.39, 0.29) is 0 Å². The molecule has 0 aliphatic carbocycles. The minimum atomic E-state index is -0.688. The summed E-state index contributed by atoms with van der Waals surface area (Å²) in [5, 5.41) is 23.3. The number of pyridine rings is 1. The van der Waals surface area contributed by atoms with Gasteiger partial charge in [-0.15, -0.1) is 10.2 Å². The Hall–Kier alpha value is -2.54. The highest BCUT2D eigenvalue weighted by Gasteiger charge is 2.12. The van der Waals surface area contributed by atoms with E-state index in [1.165, 1.54) is 11.1 Å². The molecule has 108 valence electrons. The van der Waals surface area contributed by atoms with E-state index in [1.54, 1.807) is 12.4 Å². The lowest BCUT2D eigenvalue weighted by Gasteiger charge is -2.04. The van der Waals surface area contributed by atoms with Crippen LogP contribution in [-0.2, 0) is 13.0 Å². The SMILES string of the molecule is OC(CCc1ccn(Cc2ccncc2)c1)c1nn[nH]n1.